The van der Waals surface area contributed by atoms with Gasteiger partial charge in [0, 0.05) is 19.5 Å². The summed E-state index contributed by atoms with van der Waals surface area (Å²) in [6.07, 6.45) is 9.29. The van der Waals surface area contributed by atoms with Crippen molar-refractivity contribution in [1.82, 2.24) is 24.7 Å². The van der Waals surface area contributed by atoms with Gasteiger partial charge >= 0.3 is 0 Å². The normalized spacial score (nSPS) is 14.5. The first-order valence-electron chi connectivity index (χ1n) is 7.52. The Morgan fingerprint density at radius 2 is 2.19 bits per heavy atom. The number of fused-ring (bicyclic) bond motifs is 1. The third-order valence-corrected chi connectivity index (χ3v) is 4.33. The van der Waals surface area contributed by atoms with Crippen LogP contribution in [-0.2, 0) is 13.0 Å². The summed E-state index contributed by atoms with van der Waals surface area (Å²) in [6, 6.07) is 0. The zero-order valence-electron chi connectivity index (χ0n) is 12.2. The van der Waals surface area contributed by atoms with E-state index in [4.69, 9.17) is 0 Å². The molecule has 112 valence electrons. The van der Waals surface area contributed by atoms with E-state index in [1.54, 1.807) is 24.2 Å². The molecule has 0 aliphatic carbocycles. The molecule has 0 aromatic carbocycles. The predicted octanol–water partition coefficient (Wildman–Crippen LogP) is 2.77. The number of nitrogens with zero attached hydrogens (tertiary/aromatic N) is 5. The maximum absolute atomic E-state index is 4.57. The topological polar surface area (TPSA) is 68.5 Å². The van der Waals surface area contributed by atoms with Gasteiger partial charge in [-0.25, -0.2) is 4.98 Å². The molecule has 21 heavy (non-hydrogen) atoms. The second-order valence-electron chi connectivity index (χ2n) is 5.13. The second-order valence-corrected chi connectivity index (χ2v) is 6.12. The van der Waals surface area contributed by atoms with E-state index >= 15 is 0 Å². The monoisotopic (exact) mass is 304 g/mol. The minimum absolute atomic E-state index is 0.817. The van der Waals surface area contributed by atoms with Crippen LogP contribution in [0, 0.1) is 0 Å². The maximum Gasteiger partial charge on any atom is 0.197 e. The Morgan fingerprint density at radius 1 is 1.24 bits per heavy atom. The Bertz CT molecular complexity index is 597. The molecule has 0 amide bonds. The summed E-state index contributed by atoms with van der Waals surface area (Å²) < 4.78 is 2.23. The first-order valence-corrected chi connectivity index (χ1v) is 8.34. The fourth-order valence-electron chi connectivity index (χ4n) is 2.36. The minimum atomic E-state index is 0.817. The highest BCUT2D eigenvalue weighted by atomic mass is 32.2. The van der Waals surface area contributed by atoms with Crippen molar-refractivity contribution in [2.75, 3.05) is 11.9 Å². The highest BCUT2D eigenvalue weighted by Crippen LogP contribution is 2.27. The largest absolute Gasteiger partial charge is 0.369 e. The number of aryl methyl sites for hydroxylation is 1. The Balaban J connectivity index is 1.76. The number of hydrogen-bond donors (Lipinski definition) is 1. The fourth-order valence-corrected chi connectivity index (χ4v) is 3.20. The summed E-state index contributed by atoms with van der Waals surface area (Å²) in [5, 5.41) is 13.7. The van der Waals surface area contributed by atoms with E-state index in [-0.39, 0.29) is 0 Å². The van der Waals surface area contributed by atoms with Gasteiger partial charge in [0.05, 0.1) is 12.4 Å². The molecule has 7 heteroatoms. The molecule has 0 radical (unpaired) electrons. The van der Waals surface area contributed by atoms with Crippen molar-refractivity contribution in [3.8, 4) is 0 Å². The first kappa shape index (κ1) is 14.3. The Labute approximate surface area is 128 Å². The van der Waals surface area contributed by atoms with Crippen LogP contribution in [0.4, 0.5) is 5.82 Å². The lowest BCUT2D eigenvalue weighted by atomic mass is 10.2. The number of rotatable bonds is 5. The molecule has 0 spiro atoms. The number of aromatic nitrogens is 5. The van der Waals surface area contributed by atoms with Crippen LogP contribution in [-0.4, -0.2) is 31.3 Å². The molecule has 3 rings (SSSR count). The molecule has 1 aliphatic heterocycles. The van der Waals surface area contributed by atoms with Crippen LogP contribution in [0.5, 0.6) is 0 Å². The standard InChI is InChI=1S/C14H20N6S/c1-2-7-16-11-9-15-10-13(17-11)21-14-19-18-12-6-4-3-5-8-20(12)14/h9-10H,2-8H2,1H3,(H,16,17). The smallest absolute Gasteiger partial charge is 0.197 e. The van der Waals surface area contributed by atoms with Gasteiger partial charge in [0.1, 0.15) is 16.7 Å². The van der Waals surface area contributed by atoms with Crippen LogP contribution >= 0.6 is 11.8 Å². The van der Waals surface area contributed by atoms with Crippen molar-refractivity contribution >= 4 is 17.6 Å². The van der Waals surface area contributed by atoms with Gasteiger partial charge in [0.2, 0.25) is 0 Å². The lowest BCUT2D eigenvalue weighted by Gasteiger charge is -2.07. The van der Waals surface area contributed by atoms with Crippen molar-refractivity contribution in [1.29, 1.82) is 0 Å². The Kier molecular flexibility index (Phi) is 4.69. The van der Waals surface area contributed by atoms with Crippen LogP contribution in [0.2, 0.25) is 0 Å². The highest BCUT2D eigenvalue weighted by molar-refractivity contribution is 7.99. The summed E-state index contributed by atoms with van der Waals surface area (Å²) in [6.45, 7) is 4.04. The summed E-state index contributed by atoms with van der Waals surface area (Å²) >= 11 is 1.54. The molecular weight excluding hydrogens is 284 g/mol. The van der Waals surface area contributed by atoms with Crippen molar-refractivity contribution in [3.05, 3.63) is 18.2 Å². The molecule has 3 heterocycles. The predicted molar refractivity (Wildman–Crippen MR) is 82.5 cm³/mol. The van der Waals surface area contributed by atoms with Crippen LogP contribution in [0.3, 0.4) is 0 Å². The molecule has 2 aromatic heterocycles. The number of nitrogens with one attached hydrogen (secondary N) is 1. The van der Waals surface area contributed by atoms with Crippen molar-refractivity contribution in [3.63, 3.8) is 0 Å². The maximum atomic E-state index is 4.57. The number of hydrogen-bond acceptors (Lipinski definition) is 6. The molecule has 1 N–H and O–H groups in total. The Hall–Kier alpha value is -1.63. The highest BCUT2D eigenvalue weighted by Gasteiger charge is 2.16. The van der Waals surface area contributed by atoms with E-state index in [1.807, 2.05) is 0 Å². The quantitative estimate of drug-likeness (QED) is 0.916. The average Bonchev–Trinajstić information content (AvgIpc) is 2.74. The molecular formula is C14H20N6S. The summed E-state index contributed by atoms with van der Waals surface area (Å²) in [5.41, 5.74) is 0. The van der Waals surface area contributed by atoms with E-state index in [2.05, 4.69) is 37.0 Å². The SMILES string of the molecule is CCCNc1cncc(Sc2nnc3n2CCCCC3)n1. The molecule has 0 saturated carbocycles. The zero-order chi connectivity index (χ0) is 14.5. The van der Waals surface area contributed by atoms with Crippen LogP contribution < -0.4 is 5.32 Å². The molecule has 6 nitrogen and oxygen atoms in total. The van der Waals surface area contributed by atoms with Gasteiger partial charge in [0.15, 0.2) is 5.16 Å². The van der Waals surface area contributed by atoms with Gasteiger partial charge < -0.3 is 9.88 Å². The molecule has 0 atom stereocenters. The lowest BCUT2D eigenvalue weighted by Crippen LogP contribution is -2.04. The third kappa shape index (κ3) is 3.53. The van der Waals surface area contributed by atoms with E-state index < -0.39 is 0 Å². The second kappa shape index (κ2) is 6.89. The van der Waals surface area contributed by atoms with E-state index in [0.29, 0.717) is 0 Å². The first-order chi connectivity index (χ1) is 10.4. The summed E-state index contributed by atoms with van der Waals surface area (Å²) in [7, 11) is 0. The molecule has 0 unspecified atom stereocenters. The van der Waals surface area contributed by atoms with Crippen molar-refractivity contribution in [2.45, 2.75) is 55.8 Å². The molecule has 2 aromatic rings. The van der Waals surface area contributed by atoms with Crippen molar-refractivity contribution < 1.29 is 0 Å². The minimum Gasteiger partial charge on any atom is -0.369 e. The molecule has 0 saturated heterocycles. The van der Waals surface area contributed by atoms with Crippen LogP contribution in [0.15, 0.2) is 22.6 Å². The lowest BCUT2D eigenvalue weighted by molar-refractivity contribution is 0.590. The van der Waals surface area contributed by atoms with E-state index in [9.17, 15) is 0 Å². The van der Waals surface area contributed by atoms with Gasteiger partial charge in [-0.1, -0.05) is 13.3 Å². The number of anilines is 1. The van der Waals surface area contributed by atoms with E-state index in [0.717, 1.165) is 47.8 Å². The zero-order valence-corrected chi connectivity index (χ0v) is 13.1. The van der Waals surface area contributed by atoms with Gasteiger partial charge in [-0.15, -0.1) is 10.2 Å². The molecule has 0 fully saturated rings. The summed E-state index contributed by atoms with van der Waals surface area (Å²) in [4.78, 5) is 8.81. The van der Waals surface area contributed by atoms with Gasteiger partial charge in [-0.3, -0.25) is 4.98 Å². The molecule has 1 aliphatic rings. The third-order valence-electron chi connectivity index (χ3n) is 3.44. The average molecular weight is 304 g/mol. The van der Waals surface area contributed by atoms with Crippen LogP contribution in [0.1, 0.15) is 38.4 Å². The van der Waals surface area contributed by atoms with Gasteiger partial charge in [-0.2, -0.15) is 0 Å². The van der Waals surface area contributed by atoms with Gasteiger partial charge in [0.25, 0.3) is 0 Å². The summed E-state index contributed by atoms with van der Waals surface area (Å²) in [5.74, 6) is 1.92. The molecule has 0 bridgehead atoms. The van der Waals surface area contributed by atoms with Gasteiger partial charge in [-0.05, 0) is 31.0 Å². The van der Waals surface area contributed by atoms with Crippen molar-refractivity contribution in [2.24, 2.45) is 0 Å². The van der Waals surface area contributed by atoms with E-state index in [1.165, 1.54) is 19.3 Å². The Morgan fingerprint density at radius 3 is 3.10 bits per heavy atom. The fraction of sp³-hybridized carbons (Fsp3) is 0.571. The van der Waals surface area contributed by atoms with Crippen LogP contribution in [0.25, 0.3) is 0 Å².